The second-order valence-electron chi connectivity index (χ2n) is 5.75. The van der Waals surface area contributed by atoms with Gasteiger partial charge in [0, 0.05) is 11.3 Å². The summed E-state index contributed by atoms with van der Waals surface area (Å²) in [6, 6.07) is 1.54. The predicted octanol–water partition coefficient (Wildman–Crippen LogP) is 4.14. The number of aryl methyl sites for hydroxylation is 1. The Morgan fingerprint density at radius 1 is 1.15 bits per heavy atom. The molecule has 0 saturated heterocycles. The van der Waals surface area contributed by atoms with Gasteiger partial charge in [0.2, 0.25) is 5.95 Å². The summed E-state index contributed by atoms with van der Waals surface area (Å²) < 4.78 is 55.9. The lowest BCUT2D eigenvalue weighted by Gasteiger charge is -2.25. The molecule has 2 amide bonds. The number of hydrogen-bond donors (Lipinski definition) is 1. The molecule has 0 fully saturated rings. The average molecular weight is 389 g/mol. The van der Waals surface area contributed by atoms with E-state index < -0.39 is 40.4 Å². The number of rotatable bonds is 3. The quantitative estimate of drug-likeness (QED) is 0.634. The summed E-state index contributed by atoms with van der Waals surface area (Å²) in [5, 5.41) is -3.84. The number of amides is 2. The Kier molecular flexibility index (Phi) is 4.74. The maximum absolute atomic E-state index is 14.1. The maximum atomic E-state index is 14.1. The fourth-order valence-electron chi connectivity index (χ4n) is 2.93. The van der Waals surface area contributed by atoms with Gasteiger partial charge < -0.3 is 5.73 Å². The Bertz CT molecular complexity index is 852. The molecule has 2 aromatic rings. The zero-order chi connectivity index (χ0) is 19.1. The highest BCUT2D eigenvalue weighted by atomic mass is 35.5. The highest BCUT2D eigenvalue weighted by Gasteiger charge is 2.37. The number of para-hydroxylation sites is 1. The first-order chi connectivity index (χ1) is 12.2. The number of carbonyl (C=O) groups is 1. The standard InChI is InChI=1S/C16H13ClF4N4O/c17-16(20,21)13-8-4-1-2-7-11(8)23-15(24-13)25(14(22)26)12-9(18)5-3-6-10(12)19/h3,5-6H,1-2,4,7H2,(H2,22,26). The van der Waals surface area contributed by atoms with Crippen LogP contribution in [0.5, 0.6) is 0 Å². The minimum atomic E-state index is -3.84. The first kappa shape index (κ1) is 18.4. The summed E-state index contributed by atoms with van der Waals surface area (Å²) >= 11 is 5.15. The Balaban J connectivity index is 2.25. The van der Waals surface area contributed by atoms with E-state index in [-0.39, 0.29) is 17.7 Å². The first-order valence-electron chi connectivity index (χ1n) is 7.70. The van der Waals surface area contributed by atoms with E-state index in [4.69, 9.17) is 17.3 Å². The summed E-state index contributed by atoms with van der Waals surface area (Å²) in [6.07, 6.45) is 1.97. The molecule has 0 saturated carbocycles. The molecule has 1 aromatic heterocycles. The van der Waals surface area contributed by atoms with E-state index in [9.17, 15) is 22.4 Å². The van der Waals surface area contributed by atoms with Crippen LogP contribution < -0.4 is 10.6 Å². The predicted molar refractivity (Wildman–Crippen MR) is 86.5 cm³/mol. The van der Waals surface area contributed by atoms with Crippen LogP contribution >= 0.6 is 11.6 Å². The summed E-state index contributed by atoms with van der Waals surface area (Å²) in [4.78, 5) is 19.9. The number of halogens is 5. The molecule has 2 N–H and O–H groups in total. The average Bonchev–Trinajstić information content (AvgIpc) is 2.56. The van der Waals surface area contributed by atoms with Crippen molar-refractivity contribution in [2.45, 2.75) is 31.1 Å². The van der Waals surface area contributed by atoms with Crippen molar-refractivity contribution in [1.82, 2.24) is 9.97 Å². The van der Waals surface area contributed by atoms with Crippen LogP contribution in [0.15, 0.2) is 18.2 Å². The summed E-state index contributed by atoms with van der Waals surface area (Å²) in [7, 11) is 0. The van der Waals surface area contributed by atoms with Gasteiger partial charge in [-0.05, 0) is 49.4 Å². The minimum absolute atomic E-state index is 0.179. The number of hydrogen-bond acceptors (Lipinski definition) is 3. The highest BCUT2D eigenvalue weighted by molar-refractivity contribution is 6.21. The molecule has 10 heteroatoms. The molecule has 5 nitrogen and oxygen atoms in total. The number of fused-ring (bicyclic) bond motifs is 1. The normalized spacial score (nSPS) is 14.0. The van der Waals surface area contributed by atoms with Gasteiger partial charge >= 0.3 is 11.4 Å². The molecular formula is C16H13ClF4N4O. The van der Waals surface area contributed by atoms with E-state index in [1.165, 1.54) is 0 Å². The number of aromatic nitrogens is 2. The Morgan fingerprint density at radius 2 is 1.77 bits per heavy atom. The molecule has 138 valence electrons. The molecule has 1 aliphatic carbocycles. The number of benzene rings is 1. The van der Waals surface area contributed by atoms with Gasteiger partial charge in [-0.2, -0.15) is 8.78 Å². The van der Waals surface area contributed by atoms with Gasteiger partial charge in [-0.1, -0.05) is 6.07 Å². The monoisotopic (exact) mass is 388 g/mol. The molecule has 0 bridgehead atoms. The van der Waals surface area contributed by atoms with Crippen LogP contribution in [-0.4, -0.2) is 16.0 Å². The smallest absolute Gasteiger partial charge is 0.351 e. The number of alkyl halides is 3. The number of urea groups is 1. The number of primary amides is 1. The Labute approximate surface area is 150 Å². The van der Waals surface area contributed by atoms with Gasteiger partial charge in [0.15, 0.2) is 0 Å². The molecule has 0 atom stereocenters. The van der Waals surface area contributed by atoms with Crippen molar-refractivity contribution in [2.24, 2.45) is 5.73 Å². The van der Waals surface area contributed by atoms with Crippen molar-refractivity contribution in [1.29, 1.82) is 0 Å². The zero-order valence-corrected chi connectivity index (χ0v) is 14.0. The van der Waals surface area contributed by atoms with Crippen molar-refractivity contribution in [3.8, 4) is 0 Å². The molecule has 1 aliphatic rings. The molecule has 0 unspecified atom stereocenters. The van der Waals surface area contributed by atoms with Gasteiger partial charge in [-0.25, -0.2) is 28.4 Å². The molecule has 0 aliphatic heterocycles. The van der Waals surface area contributed by atoms with E-state index >= 15 is 0 Å². The molecule has 26 heavy (non-hydrogen) atoms. The lowest BCUT2D eigenvalue weighted by Crippen LogP contribution is -2.35. The van der Waals surface area contributed by atoms with Crippen LogP contribution in [0.2, 0.25) is 0 Å². The zero-order valence-electron chi connectivity index (χ0n) is 13.3. The van der Waals surface area contributed by atoms with Gasteiger partial charge in [0.05, 0.1) is 0 Å². The second kappa shape index (κ2) is 6.71. The molecule has 0 radical (unpaired) electrons. The van der Waals surface area contributed by atoms with E-state index in [2.05, 4.69) is 9.97 Å². The third kappa shape index (κ3) is 3.31. The highest BCUT2D eigenvalue weighted by Crippen LogP contribution is 2.39. The molecular weight excluding hydrogens is 376 g/mol. The molecule has 0 spiro atoms. The lowest BCUT2D eigenvalue weighted by molar-refractivity contribution is 0.0883. The van der Waals surface area contributed by atoms with E-state index in [1.807, 2.05) is 0 Å². The van der Waals surface area contributed by atoms with E-state index in [0.717, 1.165) is 18.2 Å². The molecule has 3 rings (SSSR count). The number of carbonyl (C=O) groups excluding carboxylic acids is 1. The summed E-state index contributed by atoms with van der Waals surface area (Å²) in [5.41, 5.74) is 4.02. The second-order valence-corrected chi connectivity index (χ2v) is 6.22. The maximum Gasteiger partial charge on any atom is 0.365 e. The lowest BCUT2D eigenvalue weighted by atomic mass is 9.94. The number of nitrogens with two attached hydrogens (primary N) is 1. The largest absolute Gasteiger partial charge is 0.365 e. The van der Waals surface area contributed by atoms with Crippen LogP contribution in [0.1, 0.15) is 29.8 Å². The van der Waals surface area contributed by atoms with Crippen LogP contribution in [0.25, 0.3) is 0 Å². The van der Waals surface area contributed by atoms with Gasteiger partial charge in [-0.3, -0.25) is 0 Å². The van der Waals surface area contributed by atoms with Crippen LogP contribution in [-0.2, 0) is 18.2 Å². The third-order valence-electron chi connectivity index (χ3n) is 4.02. The Hall–Kier alpha value is -2.42. The van der Waals surface area contributed by atoms with Crippen LogP contribution in [0, 0.1) is 11.6 Å². The van der Waals surface area contributed by atoms with Crippen molar-refractivity contribution < 1.29 is 22.4 Å². The van der Waals surface area contributed by atoms with Crippen molar-refractivity contribution in [3.63, 3.8) is 0 Å². The van der Waals surface area contributed by atoms with Crippen molar-refractivity contribution >= 4 is 29.3 Å². The fraction of sp³-hybridized carbons (Fsp3) is 0.312. The van der Waals surface area contributed by atoms with Crippen molar-refractivity contribution in [2.75, 3.05) is 4.90 Å². The number of anilines is 2. The van der Waals surface area contributed by atoms with Gasteiger partial charge in [0.1, 0.15) is 23.0 Å². The first-order valence-corrected chi connectivity index (χ1v) is 8.08. The summed E-state index contributed by atoms with van der Waals surface area (Å²) in [6.45, 7) is 0. The molecule has 1 aromatic carbocycles. The van der Waals surface area contributed by atoms with Crippen molar-refractivity contribution in [3.05, 3.63) is 46.8 Å². The topological polar surface area (TPSA) is 72.1 Å². The summed E-state index contributed by atoms with van der Waals surface area (Å²) in [5.74, 6) is -2.90. The van der Waals surface area contributed by atoms with Crippen LogP contribution in [0.3, 0.4) is 0 Å². The van der Waals surface area contributed by atoms with E-state index in [1.54, 1.807) is 0 Å². The van der Waals surface area contributed by atoms with Gasteiger partial charge in [0.25, 0.3) is 0 Å². The SMILES string of the molecule is NC(=O)N(c1nc2c(c(C(F)(F)Cl)n1)CCCC2)c1c(F)cccc1F. The van der Waals surface area contributed by atoms with E-state index in [0.29, 0.717) is 24.2 Å². The van der Waals surface area contributed by atoms with Crippen LogP contribution in [0.4, 0.5) is 34.0 Å². The minimum Gasteiger partial charge on any atom is -0.351 e. The fourth-order valence-corrected chi connectivity index (χ4v) is 3.08. The molecule has 1 heterocycles. The van der Waals surface area contributed by atoms with Gasteiger partial charge in [-0.15, -0.1) is 0 Å². The Morgan fingerprint density at radius 3 is 2.35 bits per heavy atom. The number of nitrogens with zero attached hydrogens (tertiary/aromatic N) is 3. The third-order valence-corrected chi connectivity index (χ3v) is 4.20.